The molecule has 1 saturated carbocycles. The van der Waals surface area contributed by atoms with Crippen LogP contribution in [0.5, 0.6) is 0 Å². The van der Waals surface area contributed by atoms with Crippen molar-refractivity contribution in [1.82, 2.24) is 14.5 Å². The van der Waals surface area contributed by atoms with Crippen LogP contribution in [0.15, 0.2) is 48.5 Å². The molecule has 4 aromatic rings. The van der Waals surface area contributed by atoms with E-state index in [1.807, 2.05) is 0 Å². The van der Waals surface area contributed by atoms with Crippen molar-refractivity contribution in [3.63, 3.8) is 0 Å². The lowest BCUT2D eigenvalue weighted by Gasteiger charge is -2.23. The third kappa shape index (κ3) is 7.01. The molecule has 1 aliphatic carbocycles. The minimum atomic E-state index is 0.528. The van der Waals surface area contributed by atoms with Gasteiger partial charge in [0.2, 0.25) is 0 Å². The molecule has 0 saturated heterocycles. The molecule has 0 aliphatic heterocycles. The highest BCUT2D eigenvalue weighted by atomic mass is 127. The van der Waals surface area contributed by atoms with Crippen LogP contribution in [0.2, 0.25) is 0 Å². The molecule has 220 valence electrons. The van der Waals surface area contributed by atoms with E-state index in [9.17, 15) is 0 Å². The first-order chi connectivity index (χ1) is 20.2. The predicted molar refractivity (Wildman–Crippen MR) is 186 cm³/mol. The molecule has 4 heteroatoms. The van der Waals surface area contributed by atoms with Gasteiger partial charge < -0.3 is 4.57 Å². The number of halogens is 1. The zero-order valence-electron chi connectivity index (χ0n) is 25.7. The van der Waals surface area contributed by atoms with Crippen molar-refractivity contribution >= 4 is 44.4 Å². The van der Waals surface area contributed by atoms with E-state index in [0.717, 1.165) is 19.5 Å². The normalized spacial score (nSPS) is 16.0. The molecule has 0 bridgehead atoms. The van der Waals surface area contributed by atoms with Crippen LogP contribution in [-0.4, -0.2) is 32.0 Å². The average molecular weight is 664 g/mol. The van der Waals surface area contributed by atoms with E-state index < -0.39 is 0 Å². The first-order valence-electron chi connectivity index (χ1n) is 16.4. The van der Waals surface area contributed by atoms with Gasteiger partial charge >= 0.3 is 0 Å². The molecular formula is C37H50IN3. The number of hydrogen-bond acceptors (Lipinski definition) is 2. The zero-order valence-corrected chi connectivity index (χ0v) is 27.9. The Morgan fingerprint density at radius 3 is 2.17 bits per heavy atom. The van der Waals surface area contributed by atoms with Crippen LogP contribution in [0.3, 0.4) is 0 Å². The predicted octanol–water partition coefficient (Wildman–Crippen LogP) is 10.6. The van der Waals surface area contributed by atoms with Crippen molar-refractivity contribution in [3.8, 4) is 11.1 Å². The molecular weight excluding hydrogens is 613 g/mol. The number of rotatable bonds is 9. The molecule has 5 rings (SSSR count). The summed E-state index contributed by atoms with van der Waals surface area (Å²) >= 11 is 2.50. The lowest BCUT2D eigenvalue weighted by Crippen LogP contribution is -2.24. The maximum Gasteiger partial charge on any atom is 0.0714 e. The fourth-order valence-electron chi connectivity index (χ4n) is 7.13. The van der Waals surface area contributed by atoms with Crippen LogP contribution in [0.4, 0.5) is 0 Å². The second-order valence-electron chi connectivity index (χ2n) is 12.2. The highest BCUT2D eigenvalue weighted by Crippen LogP contribution is 2.44. The van der Waals surface area contributed by atoms with Crippen molar-refractivity contribution in [1.29, 1.82) is 0 Å². The minimum Gasteiger partial charge on any atom is -0.342 e. The van der Waals surface area contributed by atoms with Gasteiger partial charge in [0.25, 0.3) is 0 Å². The highest BCUT2D eigenvalue weighted by Gasteiger charge is 2.25. The summed E-state index contributed by atoms with van der Waals surface area (Å²) in [7, 11) is 2.24. The minimum absolute atomic E-state index is 0.528. The van der Waals surface area contributed by atoms with Crippen LogP contribution < -0.4 is 0 Å². The molecule has 2 aromatic carbocycles. The highest BCUT2D eigenvalue weighted by molar-refractivity contribution is 14.1. The summed E-state index contributed by atoms with van der Waals surface area (Å²) in [6, 6.07) is 18.6. The molecule has 2 heterocycles. The van der Waals surface area contributed by atoms with Crippen molar-refractivity contribution in [2.24, 2.45) is 7.05 Å². The number of alkyl halides is 1. The number of fused-ring (bicyclic) bond motifs is 3. The third-order valence-corrected chi connectivity index (χ3v) is 10.2. The van der Waals surface area contributed by atoms with Gasteiger partial charge in [0, 0.05) is 45.8 Å². The number of aromatic nitrogens is 2. The van der Waals surface area contributed by atoms with Crippen molar-refractivity contribution < 1.29 is 0 Å². The van der Waals surface area contributed by atoms with Crippen molar-refractivity contribution in [2.45, 2.75) is 103 Å². The smallest absolute Gasteiger partial charge is 0.0714 e. The summed E-state index contributed by atoms with van der Waals surface area (Å²) < 4.78 is 3.63. The number of nitrogens with zero attached hydrogens (tertiary/aromatic N) is 3. The average Bonchev–Trinajstić information content (AvgIpc) is 3.27. The molecule has 41 heavy (non-hydrogen) atoms. The number of para-hydroxylation sites is 1. The molecule has 1 aliphatic rings. The lowest BCUT2D eigenvalue weighted by atomic mass is 9.85. The molecule has 0 amide bonds. The van der Waals surface area contributed by atoms with Gasteiger partial charge in [-0.1, -0.05) is 130 Å². The summed E-state index contributed by atoms with van der Waals surface area (Å²) in [5.74, 6) is 0.528. The molecule has 0 atom stereocenters. The molecule has 0 unspecified atom stereocenters. The molecule has 2 aromatic heterocycles. The van der Waals surface area contributed by atoms with E-state index in [0.29, 0.717) is 5.92 Å². The second-order valence-corrected chi connectivity index (χ2v) is 13.3. The van der Waals surface area contributed by atoms with Crippen LogP contribution in [0.25, 0.3) is 32.9 Å². The molecule has 0 N–H and O–H groups in total. The van der Waals surface area contributed by atoms with E-state index in [-0.39, 0.29) is 0 Å². The fourth-order valence-corrected chi connectivity index (χ4v) is 7.47. The topological polar surface area (TPSA) is 21.1 Å². The van der Waals surface area contributed by atoms with Crippen LogP contribution in [0.1, 0.15) is 107 Å². The zero-order chi connectivity index (χ0) is 28.6. The Morgan fingerprint density at radius 1 is 0.878 bits per heavy atom. The first-order valence-corrected chi connectivity index (χ1v) is 18.0. The summed E-state index contributed by atoms with van der Waals surface area (Å²) in [4.78, 5) is 8.18. The third-order valence-electron chi connectivity index (χ3n) is 9.42. The summed E-state index contributed by atoms with van der Waals surface area (Å²) in [5.41, 5.74) is 9.41. The van der Waals surface area contributed by atoms with E-state index >= 15 is 0 Å². The first kappa shape index (κ1) is 30.5. The van der Waals surface area contributed by atoms with Gasteiger partial charge in [-0.15, -0.1) is 0 Å². The maximum atomic E-state index is 5.61. The van der Waals surface area contributed by atoms with E-state index in [1.165, 1.54) is 131 Å². The Balaban J connectivity index is 1.65. The summed E-state index contributed by atoms with van der Waals surface area (Å²) in [6.45, 7) is 7.87. The summed E-state index contributed by atoms with van der Waals surface area (Å²) in [6.07, 6.45) is 15.7. The van der Waals surface area contributed by atoms with E-state index in [4.69, 9.17) is 4.98 Å². The molecule has 1 fully saturated rings. The SMILES string of the molecule is CCc1nc(C2CCCCCCCCCC2)c(-c2ccc(CN(CC)CCCI)cc2)c2c3ccccc3n(C)c12. The Labute approximate surface area is 262 Å². The van der Waals surface area contributed by atoms with Gasteiger partial charge in [-0.2, -0.15) is 0 Å². The van der Waals surface area contributed by atoms with Gasteiger partial charge in [0.1, 0.15) is 0 Å². The summed E-state index contributed by atoms with van der Waals surface area (Å²) in [5, 5.41) is 2.79. The number of benzene rings is 2. The Hall–Kier alpha value is -1.92. The van der Waals surface area contributed by atoms with Crippen LogP contribution in [-0.2, 0) is 20.0 Å². The number of pyridine rings is 1. The molecule has 3 nitrogen and oxygen atoms in total. The molecule has 0 spiro atoms. The van der Waals surface area contributed by atoms with Gasteiger partial charge in [-0.25, -0.2) is 0 Å². The Morgan fingerprint density at radius 2 is 1.54 bits per heavy atom. The fraction of sp³-hybridized carbons (Fsp3) is 0.541. The van der Waals surface area contributed by atoms with Gasteiger partial charge in [-0.3, -0.25) is 9.88 Å². The van der Waals surface area contributed by atoms with Gasteiger partial charge in [-0.05, 0) is 56.0 Å². The standard InChI is InChI=1S/C37H50IN3/c1-4-32-37-35(31-19-14-15-20-33(31)40(37)3)34(29-23-21-28(22-24-29)27-41(5-2)26-16-25-38)36(39-32)30-17-12-10-8-6-7-9-11-13-18-30/h14-15,19-24,30H,4-13,16-18,25-27H2,1-3H3. The van der Waals surface area contributed by atoms with Crippen molar-refractivity contribution in [3.05, 3.63) is 65.5 Å². The Kier molecular flexibility index (Phi) is 11.2. The van der Waals surface area contributed by atoms with Gasteiger partial charge in [0.15, 0.2) is 0 Å². The number of hydrogen-bond donors (Lipinski definition) is 0. The van der Waals surface area contributed by atoms with E-state index in [1.54, 1.807) is 0 Å². The lowest BCUT2D eigenvalue weighted by molar-refractivity contribution is 0.282. The monoisotopic (exact) mass is 663 g/mol. The quantitative estimate of drug-likeness (QED) is 0.131. The second kappa shape index (κ2) is 15.0. The number of aryl methyl sites for hydroxylation is 2. The van der Waals surface area contributed by atoms with Crippen LogP contribution in [0, 0.1) is 0 Å². The van der Waals surface area contributed by atoms with Crippen molar-refractivity contribution in [2.75, 3.05) is 17.5 Å². The van der Waals surface area contributed by atoms with Gasteiger partial charge in [0.05, 0.1) is 16.9 Å². The largest absolute Gasteiger partial charge is 0.342 e. The Bertz CT molecular complexity index is 1390. The van der Waals surface area contributed by atoms with E-state index in [2.05, 4.69) is 101 Å². The molecule has 0 radical (unpaired) electrons. The maximum absolute atomic E-state index is 5.61. The van der Waals surface area contributed by atoms with Crippen LogP contribution >= 0.6 is 22.6 Å².